The van der Waals surface area contributed by atoms with Crippen molar-refractivity contribution in [2.45, 2.75) is 0 Å². The van der Waals surface area contributed by atoms with Crippen LogP contribution in [0.5, 0.6) is 0 Å². The summed E-state index contributed by atoms with van der Waals surface area (Å²) in [5, 5.41) is 7.49. The van der Waals surface area contributed by atoms with Crippen molar-refractivity contribution >= 4 is 34.6 Å². The first-order chi connectivity index (χ1) is 4.88. The summed E-state index contributed by atoms with van der Waals surface area (Å²) in [6, 6.07) is 0. The smallest absolute Gasteiger partial charge is 0.158 e. The topological polar surface area (TPSA) is 41.6 Å². The lowest BCUT2D eigenvalue weighted by atomic mass is 10.5. The van der Waals surface area contributed by atoms with Gasteiger partial charge in [-0.05, 0) is 0 Å². The van der Waals surface area contributed by atoms with Crippen molar-refractivity contribution < 1.29 is 0 Å². The first-order valence-electron chi connectivity index (χ1n) is 2.65. The summed E-state index contributed by atoms with van der Waals surface area (Å²) < 4.78 is 0.832. The fourth-order valence-electron chi connectivity index (χ4n) is 0.718. The maximum atomic E-state index is 5.03. The number of aromatic amines is 1. The zero-order chi connectivity index (χ0) is 6.97. The van der Waals surface area contributed by atoms with Crippen molar-refractivity contribution in [3.05, 3.63) is 15.5 Å². The predicted octanol–water partition coefficient (Wildman–Crippen LogP) is 1.75. The van der Waals surface area contributed by atoms with E-state index in [1.165, 1.54) is 11.3 Å². The van der Waals surface area contributed by atoms with Crippen LogP contribution in [0, 0.1) is 3.82 Å². The van der Waals surface area contributed by atoms with Crippen LogP contribution in [0.1, 0.15) is 0 Å². The second kappa shape index (κ2) is 2.10. The third-order valence-corrected chi connectivity index (χ3v) is 2.33. The van der Waals surface area contributed by atoms with Crippen molar-refractivity contribution in [1.29, 1.82) is 0 Å². The highest BCUT2D eigenvalue weighted by molar-refractivity contribution is 7.73. The molecule has 50 valence electrons. The predicted molar refractivity (Wildman–Crippen MR) is 42.6 cm³/mol. The molecule has 0 aromatic carbocycles. The fraction of sp³-hybridized carbons (Fsp3) is 0. The minimum atomic E-state index is 0.767. The SMILES string of the molecule is S=c1scnc2[nH]ncc12. The van der Waals surface area contributed by atoms with Crippen LogP contribution in [0.3, 0.4) is 0 Å². The Labute approximate surface area is 65.7 Å². The zero-order valence-corrected chi connectivity index (χ0v) is 6.50. The standard InChI is InChI=1S/C5H3N3S2/c9-5-3-1-7-8-4(3)6-2-10-5/h1-2H,(H,7,8). The first kappa shape index (κ1) is 5.94. The minimum Gasteiger partial charge on any atom is -0.261 e. The number of H-pyrrole nitrogens is 1. The Hall–Kier alpha value is -0.810. The Morgan fingerprint density at radius 3 is 3.30 bits per heavy atom. The van der Waals surface area contributed by atoms with Crippen molar-refractivity contribution in [2.75, 3.05) is 0 Å². The van der Waals surface area contributed by atoms with E-state index in [9.17, 15) is 0 Å². The Bertz CT molecular complexity index is 402. The molecule has 0 atom stereocenters. The number of aromatic nitrogens is 3. The van der Waals surface area contributed by atoms with Gasteiger partial charge in [-0.2, -0.15) is 5.10 Å². The van der Waals surface area contributed by atoms with Gasteiger partial charge in [0.1, 0.15) is 3.82 Å². The molecule has 2 heterocycles. The van der Waals surface area contributed by atoms with Gasteiger partial charge in [0.25, 0.3) is 0 Å². The maximum Gasteiger partial charge on any atom is 0.158 e. The van der Waals surface area contributed by atoms with E-state index in [1.807, 2.05) is 0 Å². The largest absolute Gasteiger partial charge is 0.261 e. The molecule has 0 spiro atoms. The van der Waals surface area contributed by atoms with Crippen molar-refractivity contribution in [1.82, 2.24) is 15.2 Å². The monoisotopic (exact) mass is 169 g/mol. The second-order valence-corrected chi connectivity index (χ2v) is 3.29. The van der Waals surface area contributed by atoms with Crippen LogP contribution < -0.4 is 0 Å². The average Bonchev–Trinajstić information content (AvgIpc) is 2.36. The van der Waals surface area contributed by atoms with Gasteiger partial charge in [-0.3, -0.25) is 5.10 Å². The molecule has 2 aromatic rings. The Morgan fingerprint density at radius 2 is 2.50 bits per heavy atom. The lowest BCUT2D eigenvalue weighted by molar-refractivity contribution is 1.10. The summed E-state index contributed by atoms with van der Waals surface area (Å²) in [5.74, 6) is 0. The third kappa shape index (κ3) is 0.748. The van der Waals surface area contributed by atoms with Gasteiger partial charge in [0.2, 0.25) is 0 Å². The lowest BCUT2D eigenvalue weighted by Crippen LogP contribution is -1.71. The van der Waals surface area contributed by atoms with E-state index >= 15 is 0 Å². The van der Waals surface area contributed by atoms with Gasteiger partial charge in [-0.15, -0.1) is 11.3 Å². The maximum absolute atomic E-state index is 5.03. The zero-order valence-electron chi connectivity index (χ0n) is 4.87. The number of nitrogens with one attached hydrogen (secondary N) is 1. The molecule has 0 bridgehead atoms. The molecular formula is C5H3N3S2. The van der Waals surface area contributed by atoms with E-state index in [0.29, 0.717) is 0 Å². The van der Waals surface area contributed by atoms with E-state index < -0.39 is 0 Å². The summed E-state index contributed by atoms with van der Waals surface area (Å²) >= 11 is 6.47. The molecule has 10 heavy (non-hydrogen) atoms. The summed E-state index contributed by atoms with van der Waals surface area (Å²) in [7, 11) is 0. The number of fused-ring (bicyclic) bond motifs is 1. The van der Waals surface area contributed by atoms with Gasteiger partial charge < -0.3 is 0 Å². The molecule has 2 rings (SSSR count). The fourth-order valence-corrected chi connectivity index (χ4v) is 1.53. The van der Waals surface area contributed by atoms with Crippen LogP contribution in [-0.2, 0) is 0 Å². The van der Waals surface area contributed by atoms with Crippen molar-refractivity contribution in [2.24, 2.45) is 0 Å². The van der Waals surface area contributed by atoms with Crippen molar-refractivity contribution in [3.63, 3.8) is 0 Å². The molecule has 5 heteroatoms. The molecule has 0 fully saturated rings. The van der Waals surface area contributed by atoms with Gasteiger partial charge in [-0.25, -0.2) is 4.98 Å². The molecule has 0 aliphatic rings. The molecule has 0 saturated heterocycles. The van der Waals surface area contributed by atoms with Crippen LogP contribution in [0.4, 0.5) is 0 Å². The highest BCUT2D eigenvalue weighted by Crippen LogP contribution is 2.11. The van der Waals surface area contributed by atoms with E-state index in [1.54, 1.807) is 11.7 Å². The summed E-state index contributed by atoms with van der Waals surface area (Å²) in [4.78, 5) is 4.04. The number of hydrogen-bond donors (Lipinski definition) is 1. The quantitative estimate of drug-likeness (QED) is 0.611. The average molecular weight is 169 g/mol. The lowest BCUT2D eigenvalue weighted by Gasteiger charge is -1.81. The molecule has 0 unspecified atom stereocenters. The summed E-state index contributed by atoms with van der Waals surface area (Å²) in [6.07, 6.45) is 1.70. The Morgan fingerprint density at radius 1 is 1.60 bits per heavy atom. The highest BCUT2D eigenvalue weighted by Gasteiger charge is 1.95. The molecule has 2 aromatic heterocycles. The van der Waals surface area contributed by atoms with Gasteiger partial charge in [0.15, 0.2) is 5.65 Å². The minimum absolute atomic E-state index is 0.767. The second-order valence-electron chi connectivity index (χ2n) is 1.77. The molecular weight excluding hydrogens is 166 g/mol. The Balaban J connectivity index is 3.09. The van der Waals surface area contributed by atoms with Crippen molar-refractivity contribution in [3.8, 4) is 0 Å². The highest BCUT2D eigenvalue weighted by atomic mass is 32.1. The molecule has 0 saturated carbocycles. The van der Waals surface area contributed by atoms with Crippen LogP contribution in [-0.4, -0.2) is 15.2 Å². The van der Waals surface area contributed by atoms with Gasteiger partial charge >= 0.3 is 0 Å². The molecule has 3 nitrogen and oxygen atoms in total. The summed E-state index contributed by atoms with van der Waals surface area (Å²) in [5.41, 5.74) is 2.48. The van der Waals surface area contributed by atoms with Crippen LogP contribution in [0.25, 0.3) is 11.0 Å². The number of nitrogens with zero attached hydrogens (tertiary/aromatic N) is 2. The molecule has 1 N–H and O–H groups in total. The number of hydrogen-bond acceptors (Lipinski definition) is 4. The molecule has 0 aliphatic heterocycles. The summed E-state index contributed by atoms with van der Waals surface area (Å²) in [6.45, 7) is 0. The van der Waals surface area contributed by atoms with E-state index in [-0.39, 0.29) is 0 Å². The van der Waals surface area contributed by atoms with Crippen LogP contribution >= 0.6 is 23.6 Å². The third-order valence-electron chi connectivity index (χ3n) is 1.18. The molecule has 0 aliphatic carbocycles. The Kier molecular flexibility index (Phi) is 1.25. The first-order valence-corrected chi connectivity index (χ1v) is 3.93. The molecule has 0 radical (unpaired) electrons. The van der Waals surface area contributed by atoms with E-state index in [4.69, 9.17) is 12.2 Å². The van der Waals surface area contributed by atoms with Gasteiger partial charge in [0, 0.05) is 0 Å². The normalized spacial score (nSPS) is 10.4. The van der Waals surface area contributed by atoms with Gasteiger partial charge in [0.05, 0.1) is 17.1 Å². The van der Waals surface area contributed by atoms with E-state index in [0.717, 1.165) is 14.9 Å². The number of rotatable bonds is 0. The van der Waals surface area contributed by atoms with Gasteiger partial charge in [-0.1, -0.05) is 12.2 Å². The van der Waals surface area contributed by atoms with E-state index in [2.05, 4.69) is 15.2 Å². The molecule has 0 amide bonds. The van der Waals surface area contributed by atoms with Crippen LogP contribution in [0.15, 0.2) is 11.7 Å². The van der Waals surface area contributed by atoms with Crippen LogP contribution in [0.2, 0.25) is 0 Å².